The molecule has 5 rings (SSSR count). The molecule has 0 aliphatic heterocycles. The van der Waals surface area contributed by atoms with E-state index in [0.29, 0.717) is 24.2 Å². The van der Waals surface area contributed by atoms with E-state index in [1.54, 1.807) is 0 Å². The molecule has 204 valence electrons. The van der Waals surface area contributed by atoms with Gasteiger partial charge in [-0.3, -0.25) is 4.79 Å². The average molecular weight is 503 g/mol. The normalized spacial score (nSPS) is 58.6. The number of aliphatic carboxylic acids is 1. The van der Waals surface area contributed by atoms with Gasteiger partial charge in [0.15, 0.2) is 0 Å². The maximum atomic E-state index is 13.0. The van der Waals surface area contributed by atoms with Gasteiger partial charge >= 0.3 is 5.97 Å². The fourth-order valence-corrected chi connectivity index (χ4v) is 11.6. The smallest absolute Gasteiger partial charge is 0.310 e. The monoisotopic (exact) mass is 502 g/mol. The molecule has 4 N–H and O–H groups in total. The Balaban J connectivity index is 1.66. The molecule has 0 radical (unpaired) electrons. The van der Waals surface area contributed by atoms with Crippen LogP contribution >= 0.6 is 0 Å². The number of hydrogen-bond acceptors (Lipinski definition) is 4. The maximum Gasteiger partial charge on any atom is 0.310 e. The van der Waals surface area contributed by atoms with Crippen LogP contribution in [0, 0.1) is 56.2 Å². The SMILES string of the molecule is CC1CCC2(C(=O)O)CCC3(C)C(=CCC4C5(C)CC(O)C(O)C(C)(CO)C5CCC43C)C2(C)C1C. The lowest BCUT2D eigenvalue weighted by molar-refractivity contribution is -0.247. The van der Waals surface area contributed by atoms with Crippen molar-refractivity contribution in [1.29, 1.82) is 0 Å². The van der Waals surface area contributed by atoms with E-state index >= 15 is 0 Å². The van der Waals surface area contributed by atoms with Gasteiger partial charge in [0.25, 0.3) is 0 Å². The third-order valence-corrected chi connectivity index (χ3v) is 14.4. The lowest BCUT2D eigenvalue weighted by atomic mass is 9.30. The number of carbonyl (C=O) groups is 1. The molecule has 0 aromatic rings. The molecule has 0 spiro atoms. The molecule has 0 amide bonds. The summed E-state index contributed by atoms with van der Waals surface area (Å²) in [6, 6.07) is 0. The Morgan fingerprint density at radius 1 is 0.972 bits per heavy atom. The minimum Gasteiger partial charge on any atom is -0.481 e. The van der Waals surface area contributed by atoms with E-state index in [1.165, 1.54) is 5.57 Å². The standard InChI is InChI=1S/C31H50O5/c1-18-10-13-31(25(35)36)15-14-29(6)23(30(31,7)19(18)2)9-8-22-26(3)16-20(33)24(34)27(4,17-32)21(26)11-12-28(22,29)5/h9,18-22,24,32-34H,8,10-17H2,1-7H3,(H,35,36). The highest BCUT2D eigenvalue weighted by molar-refractivity contribution is 5.78. The van der Waals surface area contributed by atoms with Crippen molar-refractivity contribution in [2.45, 2.75) is 112 Å². The van der Waals surface area contributed by atoms with E-state index in [9.17, 15) is 25.2 Å². The summed E-state index contributed by atoms with van der Waals surface area (Å²) >= 11 is 0. The second-order valence-electron chi connectivity index (χ2n) is 15.0. The van der Waals surface area contributed by atoms with Crippen LogP contribution in [0.2, 0.25) is 0 Å². The molecular formula is C31H50O5. The Hall–Kier alpha value is -0.910. The van der Waals surface area contributed by atoms with Crippen LogP contribution in [0.25, 0.3) is 0 Å². The largest absolute Gasteiger partial charge is 0.481 e. The van der Waals surface area contributed by atoms with Crippen LogP contribution in [0.1, 0.15) is 99.8 Å². The van der Waals surface area contributed by atoms with Gasteiger partial charge in [-0.2, -0.15) is 0 Å². The van der Waals surface area contributed by atoms with Crippen LogP contribution in [-0.2, 0) is 4.79 Å². The molecule has 36 heavy (non-hydrogen) atoms. The van der Waals surface area contributed by atoms with E-state index < -0.39 is 29.0 Å². The number of aliphatic hydroxyl groups is 3. The molecule has 12 unspecified atom stereocenters. The fraction of sp³-hybridized carbons (Fsp3) is 0.903. The zero-order valence-corrected chi connectivity index (χ0v) is 23.6. The summed E-state index contributed by atoms with van der Waals surface area (Å²) in [7, 11) is 0. The van der Waals surface area contributed by atoms with Crippen molar-refractivity contribution >= 4 is 5.97 Å². The highest BCUT2D eigenvalue weighted by Gasteiger charge is 2.73. The first-order valence-corrected chi connectivity index (χ1v) is 14.5. The summed E-state index contributed by atoms with van der Waals surface area (Å²) in [5, 5.41) is 43.1. The Bertz CT molecular complexity index is 976. The molecule has 0 aromatic carbocycles. The van der Waals surface area contributed by atoms with Crippen molar-refractivity contribution in [1.82, 2.24) is 0 Å². The molecule has 5 heteroatoms. The Morgan fingerprint density at radius 2 is 1.64 bits per heavy atom. The molecule has 0 aromatic heterocycles. The number of hydrogen-bond donors (Lipinski definition) is 4. The van der Waals surface area contributed by atoms with Gasteiger partial charge in [-0.25, -0.2) is 0 Å². The Labute approximate surface area is 217 Å². The second-order valence-corrected chi connectivity index (χ2v) is 15.0. The second kappa shape index (κ2) is 7.82. The third kappa shape index (κ3) is 2.76. The van der Waals surface area contributed by atoms with Crippen molar-refractivity contribution in [3.8, 4) is 0 Å². The third-order valence-electron chi connectivity index (χ3n) is 14.4. The van der Waals surface area contributed by atoms with Crippen LogP contribution in [0.5, 0.6) is 0 Å². The van der Waals surface area contributed by atoms with Crippen molar-refractivity contribution in [2.75, 3.05) is 6.61 Å². The molecule has 5 nitrogen and oxygen atoms in total. The zero-order chi connectivity index (χ0) is 26.7. The van der Waals surface area contributed by atoms with Gasteiger partial charge in [-0.05, 0) is 91.3 Å². The number of allylic oxidation sites excluding steroid dienone is 2. The van der Waals surface area contributed by atoms with Crippen LogP contribution in [0.15, 0.2) is 11.6 Å². The van der Waals surface area contributed by atoms with Crippen molar-refractivity contribution in [2.24, 2.45) is 56.2 Å². The molecule has 0 bridgehead atoms. The van der Waals surface area contributed by atoms with E-state index in [0.717, 1.165) is 44.9 Å². The summed E-state index contributed by atoms with van der Waals surface area (Å²) in [4.78, 5) is 13.0. The van der Waals surface area contributed by atoms with E-state index in [-0.39, 0.29) is 34.2 Å². The molecule has 0 saturated heterocycles. The topological polar surface area (TPSA) is 98.0 Å². The zero-order valence-electron chi connectivity index (χ0n) is 23.6. The fourth-order valence-electron chi connectivity index (χ4n) is 11.6. The Morgan fingerprint density at radius 3 is 2.25 bits per heavy atom. The van der Waals surface area contributed by atoms with Crippen LogP contribution in [0.4, 0.5) is 0 Å². The van der Waals surface area contributed by atoms with Crippen LogP contribution in [0.3, 0.4) is 0 Å². The molecular weight excluding hydrogens is 452 g/mol. The first kappa shape index (κ1) is 26.7. The van der Waals surface area contributed by atoms with Gasteiger partial charge in [0.05, 0.1) is 24.2 Å². The van der Waals surface area contributed by atoms with Crippen molar-refractivity contribution in [3.63, 3.8) is 0 Å². The molecule has 12 atom stereocenters. The predicted molar refractivity (Wildman–Crippen MR) is 140 cm³/mol. The van der Waals surface area contributed by atoms with Crippen molar-refractivity contribution in [3.05, 3.63) is 11.6 Å². The van der Waals surface area contributed by atoms with Gasteiger partial charge in [0.1, 0.15) is 0 Å². The van der Waals surface area contributed by atoms with Crippen LogP contribution in [-0.4, -0.2) is 45.2 Å². The summed E-state index contributed by atoms with van der Waals surface area (Å²) in [6.45, 7) is 15.9. The first-order chi connectivity index (χ1) is 16.6. The average Bonchev–Trinajstić information content (AvgIpc) is 2.81. The summed E-state index contributed by atoms with van der Waals surface area (Å²) < 4.78 is 0. The summed E-state index contributed by atoms with van der Waals surface area (Å²) in [5.74, 6) is 0.617. The van der Waals surface area contributed by atoms with Gasteiger partial charge in [0, 0.05) is 10.8 Å². The van der Waals surface area contributed by atoms with Crippen LogP contribution < -0.4 is 0 Å². The van der Waals surface area contributed by atoms with E-state index in [2.05, 4.69) is 47.6 Å². The number of rotatable bonds is 2. The molecule has 5 aliphatic rings. The Kier molecular flexibility index (Phi) is 5.80. The van der Waals surface area contributed by atoms with Gasteiger partial charge < -0.3 is 20.4 Å². The summed E-state index contributed by atoms with van der Waals surface area (Å²) in [6.07, 6.45) is 7.39. The van der Waals surface area contributed by atoms with Gasteiger partial charge in [-0.15, -0.1) is 0 Å². The maximum absolute atomic E-state index is 13.0. The minimum absolute atomic E-state index is 0.0329. The van der Waals surface area contributed by atoms with Crippen molar-refractivity contribution < 1.29 is 25.2 Å². The number of carboxylic acids is 1. The number of fused-ring (bicyclic) bond motifs is 7. The lowest BCUT2D eigenvalue weighted by Gasteiger charge is -2.73. The lowest BCUT2D eigenvalue weighted by Crippen LogP contribution is -2.69. The molecule has 4 saturated carbocycles. The van der Waals surface area contributed by atoms with Gasteiger partial charge in [-0.1, -0.05) is 60.1 Å². The minimum atomic E-state index is -0.912. The first-order valence-electron chi connectivity index (χ1n) is 14.5. The van der Waals surface area contributed by atoms with Gasteiger partial charge in [0.2, 0.25) is 0 Å². The molecule has 4 fully saturated rings. The van der Waals surface area contributed by atoms with E-state index in [1.807, 2.05) is 6.92 Å². The quantitative estimate of drug-likeness (QED) is 0.378. The highest BCUT2D eigenvalue weighted by atomic mass is 16.4. The molecule has 0 heterocycles. The molecule has 5 aliphatic carbocycles. The summed E-state index contributed by atoms with van der Waals surface area (Å²) in [5.41, 5.74) is -0.754. The number of aliphatic hydroxyl groups excluding tert-OH is 3. The van der Waals surface area contributed by atoms with E-state index in [4.69, 9.17) is 0 Å². The number of carboxylic acid groups (broad SMARTS) is 1. The highest BCUT2D eigenvalue weighted by Crippen LogP contribution is 2.78. The predicted octanol–water partition coefficient (Wildman–Crippen LogP) is 5.42.